The summed E-state index contributed by atoms with van der Waals surface area (Å²) in [6.45, 7) is 4.32. The summed E-state index contributed by atoms with van der Waals surface area (Å²) < 4.78 is 1.67. The monoisotopic (exact) mass is 326 g/mol. The third-order valence-electron chi connectivity index (χ3n) is 4.39. The molecule has 0 N–H and O–H groups in total. The minimum absolute atomic E-state index is 0.0324. The van der Waals surface area contributed by atoms with E-state index in [1.807, 2.05) is 53.1 Å². The van der Waals surface area contributed by atoms with Gasteiger partial charge in [-0.3, -0.25) is 14.3 Å². The molecule has 2 aromatic rings. The second kappa shape index (κ2) is 7.29. The Morgan fingerprint density at radius 3 is 2.42 bits per heavy atom. The molecule has 1 aromatic carbocycles. The van der Waals surface area contributed by atoms with E-state index in [1.165, 1.54) is 0 Å². The molecule has 1 atom stereocenters. The summed E-state index contributed by atoms with van der Waals surface area (Å²) in [5.41, 5.74) is 0.696. The molecular weight excluding hydrogens is 304 g/mol. The highest BCUT2D eigenvalue weighted by molar-refractivity contribution is 5.94. The molecule has 126 valence electrons. The van der Waals surface area contributed by atoms with Gasteiger partial charge < -0.3 is 9.80 Å². The number of benzene rings is 1. The van der Waals surface area contributed by atoms with E-state index in [9.17, 15) is 9.59 Å². The van der Waals surface area contributed by atoms with E-state index >= 15 is 0 Å². The lowest BCUT2D eigenvalue weighted by atomic mass is 10.2. The average Bonchev–Trinajstić information content (AvgIpc) is 3.05. The molecule has 0 spiro atoms. The maximum atomic E-state index is 12.7. The quantitative estimate of drug-likeness (QED) is 0.864. The van der Waals surface area contributed by atoms with Crippen LogP contribution in [0.2, 0.25) is 0 Å². The Morgan fingerprint density at radius 1 is 1.00 bits per heavy atom. The summed E-state index contributed by atoms with van der Waals surface area (Å²) >= 11 is 0. The molecule has 24 heavy (non-hydrogen) atoms. The maximum Gasteiger partial charge on any atom is 0.253 e. The predicted molar refractivity (Wildman–Crippen MR) is 90.5 cm³/mol. The van der Waals surface area contributed by atoms with Gasteiger partial charge >= 0.3 is 0 Å². The number of hydrogen-bond donors (Lipinski definition) is 0. The lowest BCUT2D eigenvalue weighted by molar-refractivity contribution is -0.134. The highest BCUT2D eigenvalue weighted by atomic mass is 16.2. The van der Waals surface area contributed by atoms with Crippen molar-refractivity contribution in [2.45, 2.75) is 19.4 Å². The first kappa shape index (κ1) is 16.2. The number of aromatic nitrogens is 2. The van der Waals surface area contributed by atoms with E-state index in [-0.39, 0.29) is 17.9 Å². The molecule has 0 saturated carbocycles. The molecule has 1 unspecified atom stereocenters. The van der Waals surface area contributed by atoms with Crippen LogP contribution in [0, 0.1) is 0 Å². The van der Waals surface area contributed by atoms with Gasteiger partial charge in [0.25, 0.3) is 5.91 Å². The lowest BCUT2D eigenvalue weighted by Crippen LogP contribution is -2.40. The minimum Gasteiger partial charge on any atom is -0.339 e. The van der Waals surface area contributed by atoms with Crippen molar-refractivity contribution in [1.82, 2.24) is 19.6 Å². The fourth-order valence-electron chi connectivity index (χ4n) is 2.99. The lowest BCUT2D eigenvalue weighted by Gasteiger charge is -2.25. The fourth-order valence-corrected chi connectivity index (χ4v) is 2.99. The standard InChI is InChI=1S/C18H22N4O2/c1-15(22-12-5-9-19-22)17(23)20-10-6-11-21(14-13-20)18(24)16-7-3-2-4-8-16/h2-5,7-9,12,15H,6,10-11,13-14H2,1H3. The molecule has 1 fully saturated rings. The van der Waals surface area contributed by atoms with Crippen LogP contribution in [-0.2, 0) is 4.79 Å². The van der Waals surface area contributed by atoms with Crippen LogP contribution in [0.15, 0.2) is 48.8 Å². The Kier molecular flexibility index (Phi) is 4.93. The molecule has 1 aliphatic heterocycles. The summed E-state index contributed by atoms with van der Waals surface area (Å²) in [5, 5.41) is 4.14. The van der Waals surface area contributed by atoms with Crippen LogP contribution in [0.5, 0.6) is 0 Å². The van der Waals surface area contributed by atoms with Crippen molar-refractivity contribution in [2.75, 3.05) is 26.2 Å². The van der Waals surface area contributed by atoms with E-state index in [4.69, 9.17) is 0 Å². The zero-order chi connectivity index (χ0) is 16.9. The van der Waals surface area contributed by atoms with Crippen molar-refractivity contribution in [3.8, 4) is 0 Å². The number of carbonyl (C=O) groups is 2. The summed E-state index contributed by atoms with van der Waals surface area (Å²) in [6.07, 6.45) is 4.26. The Hall–Kier alpha value is -2.63. The molecule has 2 amide bonds. The van der Waals surface area contributed by atoms with Gasteiger partial charge in [-0.05, 0) is 31.5 Å². The normalized spacial score (nSPS) is 16.5. The first-order chi connectivity index (χ1) is 11.7. The first-order valence-electron chi connectivity index (χ1n) is 8.29. The number of rotatable bonds is 3. The number of carbonyl (C=O) groups excluding carboxylic acids is 2. The van der Waals surface area contributed by atoms with Gasteiger partial charge in [-0.25, -0.2) is 0 Å². The van der Waals surface area contributed by atoms with Crippen LogP contribution in [0.4, 0.5) is 0 Å². The van der Waals surface area contributed by atoms with Crippen LogP contribution in [0.25, 0.3) is 0 Å². The van der Waals surface area contributed by atoms with Crippen LogP contribution < -0.4 is 0 Å². The van der Waals surface area contributed by atoms with E-state index in [1.54, 1.807) is 17.1 Å². The van der Waals surface area contributed by atoms with Gasteiger partial charge in [-0.15, -0.1) is 0 Å². The molecule has 1 aliphatic rings. The largest absolute Gasteiger partial charge is 0.339 e. The van der Waals surface area contributed by atoms with E-state index in [2.05, 4.69) is 5.10 Å². The molecule has 0 aliphatic carbocycles. The van der Waals surface area contributed by atoms with Crippen molar-refractivity contribution in [2.24, 2.45) is 0 Å². The second-order valence-corrected chi connectivity index (χ2v) is 6.00. The molecule has 0 bridgehead atoms. The van der Waals surface area contributed by atoms with Gasteiger partial charge in [0.1, 0.15) is 6.04 Å². The summed E-state index contributed by atoms with van der Waals surface area (Å²) in [7, 11) is 0. The zero-order valence-corrected chi connectivity index (χ0v) is 13.8. The highest BCUT2D eigenvalue weighted by Crippen LogP contribution is 2.13. The van der Waals surface area contributed by atoms with E-state index in [0.29, 0.717) is 31.7 Å². The van der Waals surface area contributed by atoms with Crippen LogP contribution in [-0.4, -0.2) is 57.6 Å². The van der Waals surface area contributed by atoms with Gasteiger partial charge in [-0.2, -0.15) is 5.10 Å². The van der Waals surface area contributed by atoms with Crippen molar-refractivity contribution in [3.63, 3.8) is 0 Å². The topological polar surface area (TPSA) is 58.4 Å². The third-order valence-corrected chi connectivity index (χ3v) is 4.39. The van der Waals surface area contributed by atoms with Crippen molar-refractivity contribution in [3.05, 3.63) is 54.4 Å². The summed E-state index contributed by atoms with van der Waals surface area (Å²) in [5.74, 6) is 0.0812. The molecule has 3 rings (SSSR count). The van der Waals surface area contributed by atoms with Crippen molar-refractivity contribution in [1.29, 1.82) is 0 Å². The van der Waals surface area contributed by atoms with Gasteiger partial charge in [0, 0.05) is 44.1 Å². The molecule has 0 radical (unpaired) electrons. The molecule has 2 heterocycles. The van der Waals surface area contributed by atoms with Crippen LogP contribution in [0.3, 0.4) is 0 Å². The van der Waals surface area contributed by atoms with Crippen LogP contribution >= 0.6 is 0 Å². The molecule has 6 nitrogen and oxygen atoms in total. The van der Waals surface area contributed by atoms with Crippen molar-refractivity contribution >= 4 is 11.8 Å². The van der Waals surface area contributed by atoms with Gasteiger partial charge in [0.2, 0.25) is 5.91 Å². The molecule has 1 saturated heterocycles. The Bertz CT molecular complexity index is 684. The predicted octanol–water partition coefficient (Wildman–Crippen LogP) is 1.82. The van der Waals surface area contributed by atoms with E-state index < -0.39 is 0 Å². The molecule has 1 aromatic heterocycles. The second-order valence-electron chi connectivity index (χ2n) is 6.00. The average molecular weight is 326 g/mol. The Morgan fingerprint density at radius 2 is 1.71 bits per heavy atom. The highest BCUT2D eigenvalue weighted by Gasteiger charge is 2.26. The third kappa shape index (κ3) is 3.48. The maximum absolute atomic E-state index is 12.7. The fraction of sp³-hybridized carbons (Fsp3) is 0.389. The zero-order valence-electron chi connectivity index (χ0n) is 13.8. The number of hydrogen-bond acceptors (Lipinski definition) is 3. The van der Waals surface area contributed by atoms with E-state index in [0.717, 1.165) is 6.42 Å². The SMILES string of the molecule is CC(C(=O)N1CCCN(C(=O)c2ccccc2)CC1)n1cccn1. The number of nitrogens with zero attached hydrogens (tertiary/aromatic N) is 4. The number of amides is 2. The summed E-state index contributed by atoms with van der Waals surface area (Å²) in [6, 6.07) is 10.8. The smallest absolute Gasteiger partial charge is 0.253 e. The summed E-state index contributed by atoms with van der Waals surface area (Å²) in [4.78, 5) is 28.9. The minimum atomic E-state index is -0.323. The molecule has 6 heteroatoms. The van der Waals surface area contributed by atoms with Gasteiger partial charge in [-0.1, -0.05) is 18.2 Å². The Balaban J connectivity index is 1.63. The van der Waals surface area contributed by atoms with Gasteiger partial charge in [0.05, 0.1) is 0 Å². The van der Waals surface area contributed by atoms with Crippen LogP contribution in [0.1, 0.15) is 29.7 Å². The Labute approximate surface area is 141 Å². The van der Waals surface area contributed by atoms with Gasteiger partial charge in [0.15, 0.2) is 0 Å². The molecular formula is C18H22N4O2. The first-order valence-corrected chi connectivity index (χ1v) is 8.29. The van der Waals surface area contributed by atoms with Crippen molar-refractivity contribution < 1.29 is 9.59 Å².